The molecule has 0 aromatic heterocycles. The van der Waals surface area contributed by atoms with Crippen LogP contribution in [-0.4, -0.2) is 30.6 Å². The van der Waals surface area contributed by atoms with Gasteiger partial charge in [0.05, 0.1) is 6.10 Å². The Hall–Kier alpha value is -1.39. The molecule has 0 bridgehead atoms. The van der Waals surface area contributed by atoms with Crippen molar-refractivity contribution >= 4 is 5.91 Å². The molecule has 1 aromatic carbocycles. The Morgan fingerprint density at radius 3 is 2.79 bits per heavy atom. The first-order valence-corrected chi connectivity index (χ1v) is 6.90. The molecule has 1 fully saturated rings. The molecule has 1 atom stereocenters. The van der Waals surface area contributed by atoms with Crippen molar-refractivity contribution in [2.75, 3.05) is 19.6 Å². The third-order valence-corrected chi connectivity index (χ3v) is 3.73. The molecule has 1 aliphatic rings. The Kier molecular flexibility index (Phi) is 4.93. The van der Waals surface area contributed by atoms with Crippen molar-refractivity contribution in [3.63, 3.8) is 0 Å². The van der Waals surface area contributed by atoms with Crippen molar-refractivity contribution in [1.29, 1.82) is 0 Å². The summed E-state index contributed by atoms with van der Waals surface area (Å²) >= 11 is 0. The summed E-state index contributed by atoms with van der Waals surface area (Å²) < 4.78 is 0. The number of hydrogen-bond acceptors (Lipinski definition) is 3. The highest BCUT2D eigenvalue weighted by molar-refractivity contribution is 5.78. The fourth-order valence-corrected chi connectivity index (χ4v) is 2.50. The van der Waals surface area contributed by atoms with E-state index in [9.17, 15) is 9.90 Å². The molecule has 3 N–H and O–H groups in total. The minimum Gasteiger partial charge on any atom is -0.387 e. The maximum absolute atomic E-state index is 12.0. The van der Waals surface area contributed by atoms with E-state index >= 15 is 0 Å². The van der Waals surface area contributed by atoms with Gasteiger partial charge >= 0.3 is 0 Å². The van der Waals surface area contributed by atoms with Gasteiger partial charge in [0.2, 0.25) is 5.91 Å². The zero-order valence-electron chi connectivity index (χ0n) is 11.4. The third kappa shape index (κ3) is 3.78. The normalized spacial score (nSPS) is 18.0. The second kappa shape index (κ2) is 6.68. The summed E-state index contributed by atoms with van der Waals surface area (Å²) in [6.07, 6.45) is 1.13. The van der Waals surface area contributed by atoms with Crippen LogP contribution in [0, 0.1) is 12.8 Å². The first kappa shape index (κ1) is 14.0. The average molecular weight is 262 g/mol. The van der Waals surface area contributed by atoms with E-state index in [0.29, 0.717) is 0 Å². The van der Waals surface area contributed by atoms with Gasteiger partial charge in [-0.05, 0) is 44.0 Å². The predicted octanol–water partition coefficient (Wildman–Crippen LogP) is 1.14. The van der Waals surface area contributed by atoms with Crippen LogP contribution in [0.25, 0.3) is 0 Å². The van der Waals surface area contributed by atoms with Crippen molar-refractivity contribution in [1.82, 2.24) is 10.6 Å². The van der Waals surface area contributed by atoms with Gasteiger partial charge in [0.1, 0.15) is 0 Å². The topological polar surface area (TPSA) is 61.4 Å². The lowest BCUT2D eigenvalue weighted by Crippen LogP contribution is -2.39. The highest BCUT2D eigenvalue weighted by Gasteiger charge is 2.21. The third-order valence-electron chi connectivity index (χ3n) is 3.73. The van der Waals surface area contributed by atoms with E-state index in [2.05, 4.69) is 10.6 Å². The fourth-order valence-electron chi connectivity index (χ4n) is 2.50. The molecule has 4 nitrogen and oxygen atoms in total. The number of amides is 1. The number of piperidine rings is 1. The van der Waals surface area contributed by atoms with Gasteiger partial charge in [-0.3, -0.25) is 4.79 Å². The summed E-state index contributed by atoms with van der Waals surface area (Å²) in [4.78, 5) is 12.0. The molecule has 2 rings (SSSR count). The van der Waals surface area contributed by atoms with E-state index < -0.39 is 6.10 Å². The molecule has 4 heteroatoms. The maximum atomic E-state index is 12.0. The number of carbonyl (C=O) groups excluding carboxylic acids is 1. The number of benzene rings is 1. The molecule has 1 aromatic rings. The second-order valence-corrected chi connectivity index (χ2v) is 5.14. The summed E-state index contributed by atoms with van der Waals surface area (Å²) in [6, 6.07) is 7.71. The Bertz CT molecular complexity index is 428. The van der Waals surface area contributed by atoms with Gasteiger partial charge in [-0.1, -0.05) is 24.3 Å². The fraction of sp³-hybridized carbons (Fsp3) is 0.533. The molecule has 1 heterocycles. The van der Waals surface area contributed by atoms with Crippen molar-refractivity contribution < 1.29 is 9.90 Å². The second-order valence-electron chi connectivity index (χ2n) is 5.14. The van der Waals surface area contributed by atoms with Crippen molar-refractivity contribution in [2.45, 2.75) is 25.9 Å². The average Bonchev–Trinajstić information content (AvgIpc) is 2.46. The first-order valence-electron chi connectivity index (χ1n) is 6.90. The Morgan fingerprint density at radius 1 is 1.42 bits per heavy atom. The number of nitrogens with one attached hydrogen (secondary N) is 2. The molecular formula is C15H22N2O2. The number of aryl methyl sites for hydroxylation is 1. The molecule has 0 radical (unpaired) electrons. The molecule has 1 aliphatic heterocycles. The van der Waals surface area contributed by atoms with E-state index in [0.717, 1.165) is 37.1 Å². The smallest absolute Gasteiger partial charge is 0.223 e. The van der Waals surface area contributed by atoms with Crippen LogP contribution < -0.4 is 10.6 Å². The number of aliphatic hydroxyl groups is 1. The van der Waals surface area contributed by atoms with Gasteiger partial charge in [-0.25, -0.2) is 0 Å². The number of rotatable bonds is 4. The van der Waals surface area contributed by atoms with Gasteiger partial charge in [-0.2, -0.15) is 0 Å². The number of aliphatic hydroxyl groups excluding tert-OH is 1. The van der Waals surface area contributed by atoms with Gasteiger partial charge in [-0.15, -0.1) is 0 Å². The summed E-state index contributed by atoms with van der Waals surface area (Å²) in [5.41, 5.74) is 1.93. The van der Waals surface area contributed by atoms with Crippen LogP contribution in [0.1, 0.15) is 30.1 Å². The van der Waals surface area contributed by atoms with E-state index in [4.69, 9.17) is 0 Å². The minimum absolute atomic E-state index is 0.0640. The summed E-state index contributed by atoms with van der Waals surface area (Å²) in [5, 5.41) is 16.2. The zero-order chi connectivity index (χ0) is 13.7. The van der Waals surface area contributed by atoms with E-state index in [1.54, 1.807) is 0 Å². The summed E-state index contributed by atoms with van der Waals surface area (Å²) in [6.45, 7) is 4.05. The van der Waals surface area contributed by atoms with Crippen molar-refractivity contribution in [3.8, 4) is 0 Å². The van der Waals surface area contributed by atoms with Gasteiger partial charge in [0, 0.05) is 12.5 Å². The molecule has 19 heavy (non-hydrogen) atoms. The highest BCUT2D eigenvalue weighted by atomic mass is 16.3. The Morgan fingerprint density at radius 2 is 2.11 bits per heavy atom. The van der Waals surface area contributed by atoms with Crippen LogP contribution in [0.2, 0.25) is 0 Å². The molecule has 0 spiro atoms. The Balaban J connectivity index is 1.84. The van der Waals surface area contributed by atoms with Crippen LogP contribution in [0.3, 0.4) is 0 Å². The molecule has 1 amide bonds. The predicted molar refractivity (Wildman–Crippen MR) is 74.7 cm³/mol. The van der Waals surface area contributed by atoms with Crippen LogP contribution in [0.15, 0.2) is 24.3 Å². The lowest BCUT2D eigenvalue weighted by Gasteiger charge is -2.22. The van der Waals surface area contributed by atoms with Gasteiger partial charge in [0.15, 0.2) is 0 Å². The highest BCUT2D eigenvalue weighted by Crippen LogP contribution is 2.17. The lowest BCUT2D eigenvalue weighted by molar-refractivity contribution is -0.126. The monoisotopic (exact) mass is 262 g/mol. The van der Waals surface area contributed by atoms with E-state index in [1.807, 2.05) is 31.2 Å². The summed E-state index contributed by atoms with van der Waals surface area (Å²) in [5.74, 6) is 0.152. The zero-order valence-corrected chi connectivity index (χ0v) is 11.4. The lowest BCUT2D eigenvalue weighted by atomic mass is 9.97. The molecular weight excluding hydrogens is 240 g/mol. The van der Waals surface area contributed by atoms with Gasteiger partial charge in [0.25, 0.3) is 0 Å². The van der Waals surface area contributed by atoms with Crippen LogP contribution in [0.5, 0.6) is 0 Å². The minimum atomic E-state index is -0.633. The Labute approximate surface area is 114 Å². The number of carbonyl (C=O) groups is 1. The van der Waals surface area contributed by atoms with Crippen molar-refractivity contribution in [2.24, 2.45) is 5.92 Å². The SMILES string of the molecule is Cc1ccccc1[C@H](O)CNC(=O)C1CCNCC1. The molecule has 1 saturated heterocycles. The van der Waals surface area contributed by atoms with Crippen molar-refractivity contribution in [3.05, 3.63) is 35.4 Å². The van der Waals surface area contributed by atoms with Gasteiger partial charge < -0.3 is 15.7 Å². The van der Waals surface area contributed by atoms with Crippen LogP contribution >= 0.6 is 0 Å². The molecule has 104 valence electrons. The van der Waals surface area contributed by atoms with E-state index in [1.165, 1.54) is 0 Å². The van der Waals surface area contributed by atoms with Crippen LogP contribution in [-0.2, 0) is 4.79 Å². The number of hydrogen-bond donors (Lipinski definition) is 3. The molecule has 0 aliphatic carbocycles. The maximum Gasteiger partial charge on any atom is 0.223 e. The molecule has 0 unspecified atom stereocenters. The van der Waals surface area contributed by atoms with E-state index in [-0.39, 0.29) is 18.4 Å². The quantitative estimate of drug-likeness (QED) is 0.762. The first-order chi connectivity index (χ1) is 9.18. The standard InChI is InChI=1S/C15H22N2O2/c1-11-4-2-3-5-13(11)14(18)10-17-15(19)12-6-8-16-9-7-12/h2-5,12,14,16,18H,6-10H2,1H3,(H,17,19)/t14-/m1/s1. The largest absolute Gasteiger partial charge is 0.387 e. The van der Waals surface area contributed by atoms with Crippen LogP contribution in [0.4, 0.5) is 0 Å². The summed E-state index contributed by atoms with van der Waals surface area (Å²) in [7, 11) is 0. The molecule has 0 saturated carbocycles.